The average molecular weight is 308 g/mol. The summed E-state index contributed by atoms with van der Waals surface area (Å²) in [5.74, 6) is 0.620. The zero-order chi connectivity index (χ0) is 15.6. The normalized spacial score (nSPS) is 11.1. The Kier molecular flexibility index (Phi) is 3.95. The zero-order valence-electron chi connectivity index (χ0n) is 11.7. The molecule has 0 saturated heterocycles. The van der Waals surface area contributed by atoms with Crippen molar-refractivity contribution >= 4 is 21.5 Å². The van der Waals surface area contributed by atoms with Crippen molar-refractivity contribution in [1.29, 1.82) is 0 Å². The molecule has 0 aliphatic rings. The van der Waals surface area contributed by atoms with E-state index in [-0.39, 0.29) is 16.3 Å². The number of aryl methyl sites for hydroxylation is 1. The second-order valence-electron chi connectivity index (χ2n) is 4.47. The minimum absolute atomic E-state index is 0.00423. The maximum absolute atomic E-state index is 12.2. The maximum Gasteiger partial charge on any atom is 0.339 e. The highest BCUT2D eigenvalue weighted by Gasteiger charge is 2.19. The number of ether oxygens (including phenoxy) is 1. The molecule has 21 heavy (non-hydrogen) atoms. The van der Waals surface area contributed by atoms with Crippen molar-refractivity contribution in [2.24, 2.45) is 0 Å². The molecule has 2 aromatic carbocycles. The molecule has 6 nitrogen and oxygen atoms in total. The number of hydrogen-bond donors (Lipinski definition) is 2. The molecule has 7 heteroatoms. The summed E-state index contributed by atoms with van der Waals surface area (Å²) >= 11 is 0. The lowest BCUT2D eigenvalue weighted by atomic mass is 10.2. The fourth-order valence-corrected chi connectivity index (χ4v) is 2.72. The van der Waals surface area contributed by atoms with Gasteiger partial charge in [-0.3, -0.25) is 0 Å². The van der Waals surface area contributed by atoms with Crippen molar-refractivity contribution in [2.75, 3.05) is 18.6 Å². The first kappa shape index (κ1) is 15.0. The third-order valence-electron chi connectivity index (χ3n) is 2.90. The molecule has 2 rings (SSSR count). The molecule has 2 aromatic rings. The Hall–Kier alpha value is -2.41. The van der Waals surface area contributed by atoms with E-state index < -0.39 is 10.1 Å². The molecule has 0 spiro atoms. The molecule has 4 N–H and O–H groups in total. The van der Waals surface area contributed by atoms with Crippen LogP contribution in [0.3, 0.4) is 0 Å². The first-order valence-corrected chi connectivity index (χ1v) is 7.48. The van der Waals surface area contributed by atoms with Gasteiger partial charge in [-0.05, 0) is 42.8 Å². The van der Waals surface area contributed by atoms with Gasteiger partial charge in [-0.25, -0.2) is 0 Å². The molecule has 0 aliphatic heterocycles. The van der Waals surface area contributed by atoms with Crippen molar-refractivity contribution in [2.45, 2.75) is 11.8 Å². The van der Waals surface area contributed by atoms with Crippen LogP contribution in [0.1, 0.15) is 5.56 Å². The van der Waals surface area contributed by atoms with Crippen LogP contribution in [0.5, 0.6) is 11.5 Å². The SMILES string of the molecule is COc1cc(N)c(OS(=O)(=O)c2ccc(N)cc2)cc1C. The summed E-state index contributed by atoms with van der Waals surface area (Å²) in [6.45, 7) is 1.76. The topological polar surface area (TPSA) is 105 Å². The van der Waals surface area contributed by atoms with Crippen molar-refractivity contribution in [3.05, 3.63) is 42.0 Å². The molecule has 0 heterocycles. The van der Waals surface area contributed by atoms with Crippen LogP contribution < -0.4 is 20.4 Å². The molecule has 0 unspecified atom stereocenters. The monoisotopic (exact) mass is 308 g/mol. The van der Waals surface area contributed by atoms with Gasteiger partial charge in [-0.1, -0.05) is 0 Å². The Morgan fingerprint density at radius 2 is 1.62 bits per heavy atom. The highest BCUT2D eigenvalue weighted by molar-refractivity contribution is 7.87. The van der Waals surface area contributed by atoms with Crippen molar-refractivity contribution in [3.8, 4) is 11.5 Å². The Morgan fingerprint density at radius 1 is 1.00 bits per heavy atom. The fourth-order valence-electron chi connectivity index (χ4n) is 1.77. The fraction of sp³-hybridized carbons (Fsp3) is 0.143. The van der Waals surface area contributed by atoms with Crippen molar-refractivity contribution in [3.63, 3.8) is 0 Å². The molecular formula is C14H16N2O4S. The Labute approximate surface area is 123 Å². The summed E-state index contributed by atoms with van der Waals surface area (Å²) in [6.07, 6.45) is 0. The van der Waals surface area contributed by atoms with Crippen LogP contribution in [-0.2, 0) is 10.1 Å². The molecular weight excluding hydrogens is 292 g/mol. The van der Waals surface area contributed by atoms with E-state index in [2.05, 4.69) is 0 Å². The highest BCUT2D eigenvalue weighted by Crippen LogP contribution is 2.32. The number of methoxy groups -OCH3 is 1. The predicted molar refractivity (Wildman–Crippen MR) is 80.8 cm³/mol. The van der Waals surface area contributed by atoms with Gasteiger partial charge in [-0.15, -0.1) is 0 Å². The maximum atomic E-state index is 12.2. The lowest BCUT2D eigenvalue weighted by Gasteiger charge is -2.12. The molecule has 0 fully saturated rings. The second-order valence-corrected chi connectivity index (χ2v) is 6.01. The van der Waals surface area contributed by atoms with E-state index in [0.717, 1.165) is 0 Å². The van der Waals surface area contributed by atoms with E-state index in [4.69, 9.17) is 20.4 Å². The van der Waals surface area contributed by atoms with E-state index in [9.17, 15) is 8.42 Å². The Morgan fingerprint density at radius 3 is 2.19 bits per heavy atom. The number of rotatable bonds is 4. The van der Waals surface area contributed by atoms with Gasteiger partial charge in [0, 0.05) is 11.8 Å². The first-order chi connectivity index (χ1) is 9.83. The molecule has 0 aromatic heterocycles. The van der Waals surface area contributed by atoms with Crippen molar-refractivity contribution in [1.82, 2.24) is 0 Å². The van der Waals surface area contributed by atoms with Crippen LogP contribution in [0.15, 0.2) is 41.3 Å². The van der Waals surface area contributed by atoms with Crippen LogP contribution in [0.25, 0.3) is 0 Å². The van der Waals surface area contributed by atoms with Crippen LogP contribution in [0.2, 0.25) is 0 Å². The highest BCUT2D eigenvalue weighted by atomic mass is 32.2. The lowest BCUT2D eigenvalue weighted by molar-refractivity contribution is 0.411. The number of anilines is 2. The number of hydrogen-bond acceptors (Lipinski definition) is 6. The van der Waals surface area contributed by atoms with Crippen LogP contribution in [0, 0.1) is 6.92 Å². The molecule has 0 saturated carbocycles. The third kappa shape index (κ3) is 3.19. The van der Waals surface area contributed by atoms with Crippen molar-refractivity contribution < 1.29 is 17.3 Å². The van der Waals surface area contributed by atoms with Gasteiger partial charge in [0.15, 0.2) is 5.75 Å². The molecule has 0 amide bonds. The molecule has 0 aliphatic carbocycles. The number of benzene rings is 2. The van der Waals surface area contributed by atoms with Crippen LogP contribution in [-0.4, -0.2) is 15.5 Å². The van der Waals surface area contributed by atoms with Gasteiger partial charge in [0.05, 0.1) is 12.8 Å². The zero-order valence-corrected chi connectivity index (χ0v) is 12.5. The van der Waals surface area contributed by atoms with Crippen LogP contribution in [0.4, 0.5) is 11.4 Å². The molecule has 0 bridgehead atoms. The molecule has 0 atom stereocenters. The largest absolute Gasteiger partial charge is 0.496 e. The number of nitrogen functional groups attached to an aromatic ring is 2. The van der Waals surface area contributed by atoms with Gasteiger partial charge >= 0.3 is 10.1 Å². The second kappa shape index (κ2) is 5.53. The summed E-state index contributed by atoms with van der Waals surface area (Å²) in [7, 11) is -2.46. The summed E-state index contributed by atoms with van der Waals surface area (Å²) in [5.41, 5.74) is 12.7. The predicted octanol–water partition coefficient (Wildman–Crippen LogP) is 1.94. The standard InChI is InChI=1S/C14H16N2O4S/c1-9-7-14(12(16)8-13(9)19-2)20-21(17,18)11-5-3-10(15)4-6-11/h3-8H,15-16H2,1-2H3. The van der Waals surface area contributed by atoms with Gasteiger partial charge in [-0.2, -0.15) is 8.42 Å². The summed E-state index contributed by atoms with van der Waals surface area (Å²) in [6, 6.07) is 8.75. The Bertz CT molecular complexity index is 755. The van der Waals surface area contributed by atoms with E-state index >= 15 is 0 Å². The van der Waals surface area contributed by atoms with Gasteiger partial charge in [0.1, 0.15) is 10.6 Å². The van der Waals surface area contributed by atoms with E-state index in [1.165, 1.54) is 43.5 Å². The Balaban J connectivity index is 2.37. The minimum atomic E-state index is -3.97. The van der Waals surface area contributed by atoms with E-state index in [1.54, 1.807) is 6.92 Å². The average Bonchev–Trinajstić information content (AvgIpc) is 2.42. The quantitative estimate of drug-likeness (QED) is 0.660. The van der Waals surface area contributed by atoms with Gasteiger partial charge in [0.2, 0.25) is 0 Å². The van der Waals surface area contributed by atoms with E-state index in [0.29, 0.717) is 17.0 Å². The first-order valence-electron chi connectivity index (χ1n) is 6.07. The number of nitrogens with two attached hydrogens (primary N) is 2. The van der Waals surface area contributed by atoms with E-state index in [1.807, 2.05) is 0 Å². The molecule has 112 valence electrons. The van der Waals surface area contributed by atoms with Crippen LogP contribution >= 0.6 is 0 Å². The van der Waals surface area contributed by atoms with Gasteiger partial charge < -0.3 is 20.4 Å². The smallest absolute Gasteiger partial charge is 0.339 e. The minimum Gasteiger partial charge on any atom is -0.496 e. The molecule has 0 radical (unpaired) electrons. The van der Waals surface area contributed by atoms with Gasteiger partial charge in [0.25, 0.3) is 0 Å². The summed E-state index contributed by atoms with van der Waals surface area (Å²) in [5, 5.41) is 0. The summed E-state index contributed by atoms with van der Waals surface area (Å²) < 4.78 is 34.6. The third-order valence-corrected chi connectivity index (χ3v) is 4.14. The summed E-state index contributed by atoms with van der Waals surface area (Å²) in [4.78, 5) is 0.00423. The lowest BCUT2D eigenvalue weighted by Crippen LogP contribution is -2.11.